The van der Waals surface area contributed by atoms with Crippen molar-refractivity contribution in [2.75, 3.05) is 45.8 Å². The van der Waals surface area contributed by atoms with Crippen LogP contribution in [0.2, 0.25) is 0 Å². The minimum absolute atomic E-state index is 0.0207. The summed E-state index contributed by atoms with van der Waals surface area (Å²) in [5.41, 5.74) is 0. The lowest BCUT2D eigenvalue weighted by molar-refractivity contribution is -0.133. The molecule has 2 N–H and O–H groups in total. The second kappa shape index (κ2) is 12.5. The van der Waals surface area contributed by atoms with Crippen molar-refractivity contribution in [2.24, 2.45) is 17.8 Å². The molecule has 6 nitrogen and oxygen atoms in total. The van der Waals surface area contributed by atoms with Crippen LogP contribution in [0.25, 0.3) is 0 Å². The molecule has 29 heavy (non-hydrogen) atoms. The van der Waals surface area contributed by atoms with Crippen LogP contribution in [0.5, 0.6) is 0 Å². The van der Waals surface area contributed by atoms with Crippen LogP contribution in [0.1, 0.15) is 66.2 Å². The number of nitrogens with one attached hydrogen (secondary N) is 2. The number of carbonyl (C=O) groups is 2. The normalized spacial score (nSPS) is 25.9. The monoisotopic (exact) mass is 408 g/mol. The molecule has 2 amide bonds. The maximum Gasteiger partial charge on any atom is 0.242 e. The van der Waals surface area contributed by atoms with Gasteiger partial charge in [-0.2, -0.15) is 0 Å². The molecule has 0 aromatic rings. The van der Waals surface area contributed by atoms with Crippen molar-refractivity contribution >= 4 is 11.8 Å². The van der Waals surface area contributed by atoms with E-state index < -0.39 is 6.04 Å². The molecule has 0 bridgehead atoms. The molecule has 0 unspecified atom stereocenters. The predicted octanol–water partition coefficient (Wildman–Crippen LogP) is 2.49. The van der Waals surface area contributed by atoms with Crippen LogP contribution in [-0.4, -0.2) is 73.5 Å². The van der Waals surface area contributed by atoms with E-state index in [1.807, 2.05) is 0 Å². The maximum atomic E-state index is 12.8. The fourth-order valence-electron chi connectivity index (χ4n) is 4.45. The number of hydrogen-bond donors (Lipinski definition) is 2. The summed E-state index contributed by atoms with van der Waals surface area (Å²) in [5.74, 6) is 0.993. The molecule has 1 saturated carbocycles. The quantitative estimate of drug-likeness (QED) is 0.545. The molecule has 6 heteroatoms. The highest BCUT2D eigenvalue weighted by Crippen LogP contribution is 2.28. The predicted molar refractivity (Wildman–Crippen MR) is 119 cm³/mol. The lowest BCUT2D eigenvalue weighted by Gasteiger charge is -2.34. The highest BCUT2D eigenvalue weighted by Gasteiger charge is 2.30. The first-order valence-corrected chi connectivity index (χ1v) is 12.0. The van der Waals surface area contributed by atoms with E-state index in [1.165, 1.54) is 0 Å². The zero-order chi connectivity index (χ0) is 21.2. The van der Waals surface area contributed by atoms with Gasteiger partial charge >= 0.3 is 0 Å². The number of nitrogens with zero attached hydrogens (tertiary/aromatic N) is 2. The molecule has 0 aromatic heterocycles. The van der Waals surface area contributed by atoms with Crippen molar-refractivity contribution in [3.8, 4) is 0 Å². The van der Waals surface area contributed by atoms with E-state index in [0.29, 0.717) is 6.54 Å². The van der Waals surface area contributed by atoms with Gasteiger partial charge in [0.05, 0.1) is 0 Å². The molecule has 0 aromatic carbocycles. The summed E-state index contributed by atoms with van der Waals surface area (Å²) in [6, 6.07) is -0.417. The molecule has 2 atom stereocenters. The van der Waals surface area contributed by atoms with Crippen LogP contribution >= 0.6 is 0 Å². The largest absolute Gasteiger partial charge is 0.354 e. The molecule has 168 valence electrons. The van der Waals surface area contributed by atoms with Crippen molar-refractivity contribution in [1.82, 2.24) is 20.4 Å². The van der Waals surface area contributed by atoms with Gasteiger partial charge in [0, 0.05) is 38.6 Å². The van der Waals surface area contributed by atoms with Gasteiger partial charge in [-0.3, -0.25) is 9.59 Å². The number of hydrogen-bond acceptors (Lipinski definition) is 4. The Morgan fingerprint density at radius 3 is 2.21 bits per heavy atom. The van der Waals surface area contributed by atoms with Crippen LogP contribution in [0.3, 0.4) is 0 Å². The smallest absolute Gasteiger partial charge is 0.242 e. The fourth-order valence-corrected chi connectivity index (χ4v) is 4.45. The lowest BCUT2D eigenvalue weighted by atomic mass is 9.82. The van der Waals surface area contributed by atoms with Crippen molar-refractivity contribution in [2.45, 2.75) is 72.3 Å². The van der Waals surface area contributed by atoms with Crippen LogP contribution in [0.15, 0.2) is 0 Å². The first-order valence-electron chi connectivity index (χ1n) is 12.0. The summed E-state index contributed by atoms with van der Waals surface area (Å²) in [4.78, 5) is 30.5. The molecule has 0 radical (unpaired) electrons. The third-order valence-corrected chi connectivity index (χ3v) is 7.04. The fraction of sp³-hybridized carbons (Fsp3) is 0.913. The number of carbonyl (C=O) groups excluding carboxylic acids is 2. The van der Waals surface area contributed by atoms with E-state index in [0.717, 1.165) is 83.7 Å². The Morgan fingerprint density at radius 2 is 1.62 bits per heavy atom. The molecule has 1 aliphatic carbocycles. The van der Waals surface area contributed by atoms with Crippen LogP contribution in [0.4, 0.5) is 0 Å². The summed E-state index contributed by atoms with van der Waals surface area (Å²) in [6.45, 7) is 16.0. The Bertz CT molecular complexity index is 497. The Kier molecular flexibility index (Phi) is 10.4. The first kappa shape index (κ1) is 24.1. The summed E-state index contributed by atoms with van der Waals surface area (Å²) in [5, 5.41) is 6.17. The molecule has 1 heterocycles. The van der Waals surface area contributed by atoms with E-state index in [9.17, 15) is 9.59 Å². The summed E-state index contributed by atoms with van der Waals surface area (Å²) in [7, 11) is 0. The average molecular weight is 409 g/mol. The first-order chi connectivity index (χ1) is 13.9. The Labute approximate surface area is 178 Å². The number of likely N-dealkylation sites (N-methyl/N-ethyl adjacent to an activating group) is 1. The van der Waals surface area contributed by atoms with Gasteiger partial charge in [0.15, 0.2) is 0 Å². The SMILES string of the molecule is CC[C@H](C)[C@@H](NC(=O)C1CCC(C)CC1)C(=O)NCCCN1CCN(CC)CC1. The standard InChI is InChI=1S/C23H44N4O2/c1-5-19(4)21(25-22(28)20-10-8-18(3)9-11-20)23(29)24-12-7-13-27-16-14-26(6-2)15-17-27/h18-21H,5-17H2,1-4H3,(H,24,29)(H,25,28)/t18?,19-,20?,21+/m0/s1. The third kappa shape index (κ3) is 7.89. The second-order valence-corrected chi connectivity index (χ2v) is 9.25. The molecule has 2 fully saturated rings. The number of piperazine rings is 1. The maximum absolute atomic E-state index is 12.8. The van der Waals surface area contributed by atoms with Gasteiger partial charge in [-0.25, -0.2) is 0 Å². The van der Waals surface area contributed by atoms with Gasteiger partial charge in [0.25, 0.3) is 0 Å². The Balaban J connectivity index is 1.73. The summed E-state index contributed by atoms with van der Waals surface area (Å²) < 4.78 is 0. The molecule has 2 rings (SSSR count). The number of amides is 2. The third-order valence-electron chi connectivity index (χ3n) is 7.04. The average Bonchev–Trinajstić information content (AvgIpc) is 2.75. The number of rotatable bonds is 10. The van der Waals surface area contributed by atoms with E-state index >= 15 is 0 Å². The Morgan fingerprint density at radius 1 is 1.00 bits per heavy atom. The van der Waals surface area contributed by atoms with E-state index in [4.69, 9.17) is 0 Å². The van der Waals surface area contributed by atoms with Gasteiger partial charge in [0.2, 0.25) is 11.8 Å². The van der Waals surface area contributed by atoms with E-state index in [1.54, 1.807) is 0 Å². The highest BCUT2D eigenvalue weighted by molar-refractivity contribution is 5.88. The van der Waals surface area contributed by atoms with Crippen LogP contribution in [0, 0.1) is 17.8 Å². The molecule has 1 saturated heterocycles. The zero-order valence-electron chi connectivity index (χ0n) is 19.2. The Hall–Kier alpha value is -1.14. The minimum Gasteiger partial charge on any atom is -0.354 e. The van der Waals surface area contributed by atoms with Gasteiger partial charge in [-0.15, -0.1) is 0 Å². The summed E-state index contributed by atoms with van der Waals surface area (Å²) in [6.07, 6.45) is 5.97. The molecular formula is C23H44N4O2. The van der Waals surface area contributed by atoms with Crippen molar-refractivity contribution < 1.29 is 9.59 Å². The van der Waals surface area contributed by atoms with Crippen LogP contribution < -0.4 is 10.6 Å². The van der Waals surface area contributed by atoms with Gasteiger partial charge in [-0.05, 0) is 57.0 Å². The topological polar surface area (TPSA) is 64.7 Å². The van der Waals surface area contributed by atoms with E-state index in [2.05, 4.69) is 48.1 Å². The minimum atomic E-state index is -0.417. The van der Waals surface area contributed by atoms with Crippen molar-refractivity contribution in [1.29, 1.82) is 0 Å². The zero-order valence-corrected chi connectivity index (χ0v) is 19.2. The van der Waals surface area contributed by atoms with Gasteiger partial charge < -0.3 is 20.4 Å². The van der Waals surface area contributed by atoms with Crippen molar-refractivity contribution in [3.63, 3.8) is 0 Å². The molecule has 0 spiro atoms. The van der Waals surface area contributed by atoms with E-state index in [-0.39, 0.29) is 23.7 Å². The van der Waals surface area contributed by atoms with Crippen molar-refractivity contribution in [3.05, 3.63) is 0 Å². The molecule has 2 aliphatic rings. The molecular weight excluding hydrogens is 364 g/mol. The highest BCUT2D eigenvalue weighted by atomic mass is 16.2. The van der Waals surface area contributed by atoms with Gasteiger partial charge in [0.1, 0.15) is 6.04 Å². The second-order valence-electron chi connectivity index (χ2n) is 9.25. The molecule has 1 aliphatic heterocycles. The lowest BCUT2D eigenvalue weighted by Crippen LogP contribution is -2.52. The van der Waals surface area contributed by atoms with Gasteiger partial charge in [-0.1, -0.05) is 34.1 Å². The summed E-state index contributed by atoms with van der Waals surface area (Å²) >= 11 is 0. The van der Waals surface area contributed by atoms with Crippen LogP contribution in [-0.2, 0) is 9.59 Å².